The zero-order chi connectivity index (χ0) is 10.6. The lowest BCUT2D eigenvalue weighted by atomic mass is 10.1. The van der Waals surface area contributed by atoms with Crippen LogP contribution in [-0.2, 0) is 0 Å². The third kappa shape index (κ3) is 2.64. The Hall–Kier alpha value is -1.22. The fraction of sp³-hybridized carbons (Fsp3) is 0.300. The van der Waals surface area contributed by atoms with E-state index in [1.54, 1.807) is 19.1 Å². The van der Waals surface area contributed by atoms with Gasteiger partial charge >= 0.3 is 0 Å². The maximum Gasteiger partial charge on any atom is 0.251 e. The molecule has 0 radical (unpaired) electrons. The minimum Gasteiger partial charge on any atom is -0.508 e. The molecule has 76 valence electrons. The van der Waals surface area contributed by atoms with Crippen LogP contribution >= 0.6 is 11.6 Å². The lowest BCUT2D eigenvalue weighted by molar-refractivity contribution is 0.0956. The molecular formula is C10H12ClNO2. The maximum atomic E-state index is 11.4. The first kappa shape index (κ1) is 10.9. The number of carbonyl (C=O) groups is 1. The molecule has 0 bridgehead atoms. The predicted octanol–water partition coefficient (Wildman–Crippen LogP) is 1.67. The van der Waals surface area contributed by atoms with Crippen LogP contribution in [0.5, 0.6) is 5.75 Å². The molecule has 0 fully saturated rings. The molecule has 14 heavy (non-hydrogen) atoms. The Labute approximate surface area is 87.7 Å². The first-order valence-electron chi connectivity index (χ1n) is 4.29. The Morgan fingerprint density at radius 1 is 1.57 bits per heavy atom. The van der Waals surface area contributed by atoms with Gasteiger partial charge in [0.2, 0.25) is 0 Å². The second kappa shape index (κ2) is 4.86. The van der Waals surface area contributed by atoms with E-state index in [2.05, 4.69) is 5.32 Å². The number of aromatic hydroxyl groups is 1. The van der Waals surface area contributed by atoms with Crippen molar-refractivity contribution >= 4 is 17.5 Å². The summed E-state index contributed by atoms with van der Waals surface area (Å²) in [7, 11) is 0. The highest BCUT2D eigenvalue weighted by Crippen LogP contribution is 2.16. The standard InChI is InChI=1S/C10H12ClNO2/c1-7-6-8(2-3-9(7)13)10(14)12-5-4-11/h2-3,6,13H,4-5H2,1H3,(H,12,14). The predicted molar refractivity (Wildman–Crippen MR) is 55.9 cm³/mol. The molecule has 0 saturated carbocycles. The number of nitrogens with one attached hydrogen (secondary N) is 1. The van der Waals surface area contributed by atoms with Gasteiger partial charge in [0.15, 0.2) is 0 Å². The molecule has 0 atom stereocenters. The van der Waals surface area contributed by atoms with Crippen molar-refractivity contribution in [3.63, 3.8) is 0 Å². The van der Waals surface area contributed by atoms with Crippen LogP contribution in [0.1, 0.15) is 15.9 Å². The van der Waals surface area contributed by atoms with Crippen molar-refractivity contribution in [2.24, 2.45) is 0 Å². The number of phenolic OH excluding ortho intramolecular Hbond substituents is 1. The van der Waals surface area contributed by atoms with Gasteiger partial charge in [-0.3, -0.25) is 4.79 Å². The van der Waals surface area contributed by atoms with E-state index < -0.39 is 0 Å². The summed E-state index contributed by atoms with van der Waals surface area (Å²) in [4.78, 5) is 11.4. The van der Waals surface area contributed by atoms with E-state index in [4.69, 9.17) is 11.6 Å². The maximum absolute atomic E-state index is 11.4. The second-order valence-electron chi connectivity index (χ2n) is 2.95. The number of alkyl halides is 1. The molecule has 0 aliphatic carbocycles. The zero-order valence-electron chi connectivity index (χ0n) is 7.88. The summed E-state index contributed by atoms with van der Waals surface area (Å²) >= 11 is 5.43. The first-order valence-corrected chi connectivity index (χ1v) is 4.82. The van der Waals surface area contributed by atoms with Gasteiger partial charge in [0, 0.05) is 18.0 Å². The molecule has 0 aliphatic rings. The number of amides is 1. The number of aryl methyl sites for hydroxylation is 1. The Morgan fingerprint density at radius 3 is 2.86 bits per heavy atom. The highest BCUT2D eigenvalue weighted by atomic mass is 35.5. The topological polar surface area (TPSA) is 49.3 Å². The first-order chi connectivity index (χ1) is 6.65. The summed E-state index contributed by atoms with van der Waals surface area (Å²) < 4.78 is 0. The lowest BCUT2D eigenvalue weighted by Gasteiger charge is -2.04. The molecule has 0 aromatic heterocycles. The molecule has 0 unspecified atom stereocenters. The molecule has 4 heteroatoms. The van der Waals surface area contributed by atoms with E-state index in [1.165, 1.54) is 6.07 Å². The summed E-state index contributed by atoms with van der Waals surface area (Å²) in [6, 6.07) is 4.72. The van der Waals surface area contributed by atoms with Crippen LogP contribution in [0.15, 0.2) is 18.2 Å². The van der Waals surface area contributed by atoms with Crippen molar-refractivity contribution < 1.29 is 9.90 Å². The molecule has 0 saturated heterocycles. The van der Waals surface area contributed by atoms with Crippen LogP contribution in [0, 0.1) is 6.92 Å². The third-order valence-electron chi connectivity index (χ3n) is 1.84. The molecule has 0 spiro atoms. The van der Waals surface area contributed by atoms with Crippen LogP contribution in [0.4, 0.5) is 0 Å². The normalized spacial score (nSPS) is 9.86. The lowest BCUT2D eigenvalue weighted by Crippen LogP contribution is -2.25. The Balaban J connectivity index is 2.76. The fourth-order valence-electron chi connectivity index (χ4n) is 1.06. The SMILES string of the molecule is Cc1cc(C(=O)NCCCl)ccc1O. The summed E-state index contributed by atoms with van der Waals surface area (Å²) in [5.74, 6) is 0.413. The molecule has 0 heterocycles. The number of hydrogen-bond acceptors (Lipinski definition) is 2. The van der Waals surface area contributed by atoms with E-state index >= 15 is 0 Å². The van der Waals surface area contributed by atoms with Gasteiger partial charge in [0.25, 0.3) is 5.91 Å². The minimum atomic E-state index is -0.172. The smallest absolute Gasteiger partial charge is 0.251 e. The van der Waals surface area contributed by atoms with E-state index in [-0.39, 0.29) is 11.7 Å². The fourth-order valence-corrected chi connectivity index (χ4v) is 1.15. The number of phenols is 1. The summed E-state index contributed by atoms with van der Waals surface area (Å²) in [5, 5.41) is 11.9. The number of benzene rings is 1. The average Bonchev–Trinajstić information content (AvgIpc) is 2.18. The van der Waals surface area contributed by atoms with E-state index in [1.807, 2.05) is 0 Å². The molecular weight excluding hydrogens is 202 g/mol. The number of rotatable bonds is 3. The molecule has 1 aromatic rings. The number of halogens is 1. The van der Waals surface area contributed by atoms with Crippen LogP contribution in [0.25, 0.3) is 0 Å². The number of carbonyl (C=O) groups excluding carboxylic acids is 1. The Morgan fingerprint density at radius 2 is 2.29 bits per heavy atom. The molecule has 0 aliphatic heterocycles. The molecule has 2 N–H and O–H groups in total. The van der Waals surface area contributed by atoms with Gasteiger partial charge in [-0.05, 0) is 30.7 Å². The van der Waals surface area contributed by atoms with Crippen LogP contribution in [-0.4, -0.2) is 23.4 Å². The molecule has 1 amide bonds. The van der Waals surface area contributed by atoms with Crippen LogP contribution in [0.2, 0.25) is 0 Å². The summed E-state index contributed by atoms with van der Waals surface area (Å²) in [6.45, 7) is 2.19. The van der Waals surface area contributed by atoms with Gasteiger partial charge in [-0.1, -0.05) is 0 Å². The van der Waals surface area contributed by atoms with Gasteiger partial charge < -0.3 is 10.4 Å². The molecule has 3 nitrogen and oxygen atoms in total. The monoisotopic (exact) mass is 213 g/mol. The van der Waals surface area contributed by atoms with Crippen molar-refractivity contribution in [3.05, 3.63) is 29.3 Å². The minimum absolute atomic E-state index is 0.172. The Kier molecular flexibility index (Phi) is 3.77. The van der Waals surface area contributed by atoms with E-state index in [0.29, 0.717) is 23.6 Å². The van der Waals surface area contributed by atoms with Gasteiger partial charge in [-0.25, -0.2) is 0 Å². The Bertz CT molecular complexity index is 339. The zero-order valence-corrected chi connectivity index (χ0v) is 8.64. The van der Waals surface area contributed by atoms with Gasteiger partial charge in [-0.2, -0.15) is 0 Å². The van der Waals surface area contributed by atoms with Crippen molar-refractivity contribution in [1.82, 2.24) is 5.32 Å². The number of hydrogen-bond donors (Lipinski definition) is 2. The van der Waals surface area contributed by atoms with Crippen molar-refractivity contribution in [1.29, 1.82) is 0 Å². The highest BCUT2D eigenvalue weighted by Gasteiger charge is 2.05. The van der Waals surface area contributed by atoms with Gasteiger partial charge in [0.1, 0.15) is 5.75 Å². The largest absolute Gasteiger partial charge is 0.508 e. The van der Waals surface area contributed by atoms with Crippen LogP contribution < -0.4 is 5.32 Å². The quantitative estimate of drug-likeness (QED) is 0.751. The highest BCUT2D eigenvalue weighted by molar-refractivity contribution is 6.18. The molecule has 1 aromatic carbocycles. The van der Waals surface area contributed by atoms with Crippen LogP contribution in [0.3, 0.4) is 0 Å². The van der Waals surface area contributed by atoms with Crippen molar-refractivity contribution in [2.75, 3.05) is 12.4 Å². The summed E-state index contributed by atoms with van der Waals surface area (Å²) in [6.07, 6.45) is 0. The second-order valence-corrected chi connectivity index (χ2v) is 3.32. The average molecular weight is 214 g/mol. The molecule has 1 rings (SSSR count). The van der Waals surface area contributed by atoms with Gasteiger partial charge in [-0.15, -0.1) is 11.6 Å². The van der Waals surface area contributed by atoms with E-state index in [0.717, 1.165) is 0 Å². The van der Waals surface area contributed by atoms with Crippen molar-refractivity contribution in [3.8, 4) is 5.75 Å². The van der Waals surface area contributed by atoms with E-state index in [9.17, 15) is 9.90 Å². The third-order valence-corrected chi connectivity index (χ3v) is 2.03. The summed E-state index contributed by atoms with van der Waals surface area (Å²) in [5.41, 5.74) is 1.22. The van der Waals surface area contributed by atoms with Gasteiger partial charge in [0.05, 0.1) is 0 Å². The van der Waals surface area contributed by atoms with Crippen molar-refractivity contribution in [2.45, 2.75) is 6.92 Å².